The molecule has 0 saturated heterocycles. The Morgan fingerprint density at radius 1 is 1.86 bits per heavy atom. The molecule has 0 aliphatic rings. The van der Waals surface area contributed by atoms with Crippen LogP contribution in [0.3, 0.4) is 0 Å². The molecule has 7 heavy (non-hydrogen) atoms. The molecule has 0 bridgehead atoms. The van der Waals surface area contributed by atoms with E-state index in [0.29, 0.717) is 0 Å². The molecular formula is C3H3NO2S. The SMILES string of the molecule is O=c1occn1S. The number of rotatable bonds is 0. The number of hydrogen-bond donors (Lipinski definition) is 1. The van der Waals surface area contributed by atoms with Gasteiger partial charge in [-0.3, -0.25) is 0 Å². The van der Waals surface area contributed by atoms with Crippen LogP contribution in [0.15, 0.2) is 21.7 Å². The Hall–Kier alpha value is -0.640. The van der Waals surface area contributed by atoms with Crippen molar-refractivity contribution in [2.75, 3.05) is 0 Å². The Morgan fingerprint density at radius 3 is 2.71 bits per heavy atom. The van der Waals surface area contributed by atoms with Crippen LogP contribution in [0.2, 0.25) is 0 Å². The fourth-order valence-electron chi connectivity index (χ4n) is 0.261. The second-order valence-electron chi connectivity index (χ2n) is 1.01. The molecule has 0 aromatic carbocycles. The first-order chi connectivity index (χ1) is 3.30. The molecule has 38 valence electrons. The minimum absolute atomic E-state index is 0.455. The van der Waals surface area contributed by atoms with Crippen LogP contribution >= 0.6 is 12.8 Å². The maximum absolute atomic E-state index is 10.1. The van der Waals surface area contributed by atoms with Crippen molar-refractivity contribution in [2.24, 2.45) is 0 Å². The summed E-state index contributed by atoms with van der Waals surface area (Å²) >= 11 is 3.66. The van der Waals surface area contributed by atoms with Crippen LogP contribution in [0.1, 0.15) is 0 Å². The average molecular weight is 117 g/mol. The Labute approximate surface area is 45.1 Å². The van der Waals surface area contributed by atoms with Crippen LogP contribution < -0.4 is 5.76 Å². The summed E-state index contributed by atoms with van der Waals surface area (Å²) in [5, 5.41) is 0. The number of oxazole rings is 1. The van der Waals surface area contributed by atoms with E-state index >= 15 is 0 Å². The minimum Gasteiger partial charge on any atom is -0.416 e. The smallest absolute Gasteiger partial charge is 0.416 e. The van der Waals surface area contributed by atoms with Gasteiger partial charge in [0.1, 0.15) is 6.26 Å². The van der Waals surface area contributed by atoms with Crippen LogP contribution in [0.25, 0.3) is 0 Å². The molecule has 0 amide bonds. The third kappa shape index (κ3) is 0.691. The number of nitrogens with zero attached hydrogens (tertiary/aromatic N) is 1. The lowest BCUT2D eigenvalue weighted by Gasteiger charge is -1.72. The van der Waals surface area contributed by atoms with Crippen molar-refractivity contribution in [2.45, 2.75) is 0 Å². The highest BCUT2D eigenvalue weighted by Crippen LogP contribution is 1.79. The van der Waals surface area contributed by atoms with Gasteiger partial charge < -0.3 is 4.42 Å². The van der Waals surface area contributed by atoms with Gasteiger partial charge in [0, 0.05) is 0 Å². The first-order valence-corrected chi connectivity index (χ1v) is 2.06. The maximum atomic E-state index is 10.1. The molecule has 0 saturated carbocycles. The van der Waals surface area contributed by atoms with Crippen molar-refractivity contribution in [3.63, 3.8) is 0 Å². The van der Waals surface area contributed by atoms with Gasteiger partial charge in [-0.1, -0.05) is 12.8 Å². The van der Waals surface area contributed by atoms with Gasteiger partial charge in [-0.05, 0) is 0 Å². The van der Waals surface area contributed by atoms with E-state index < -0.39 is 5.76 Å². The van der Waals surface area contributed by atoms with Gasteiger partial charge in [0.15, 0.2) is 0 Å². The van der Waals surface area contributed by atoms with Gasteiger partial charge in [0.05, 0.1) is 6.20 Å². The normalized spacial score (nSPS) is 9.29. The van der Waals surface area contributed by atoms with Gasteiger partial charge in [0.2, 0.25) is 0 Å². The lowest BCUT2D eigenvalue weighted by Crippen LogP contribution is -2.01. The molecule has 0 N–H and O–H groups in total. The van der Waals surface area contributed by atoms with Gasteiger partial charge in [0.25, 0.3) is 0 Å². The number of thiol groups is 1. The Kier molecular flexibility index (Phi) is 0.941. The van der Waals surface area contributed by atoms with Crippen LogP contribution in [0.5, 0.6) is 0 Å². The second-order valence-corrected chi connectivity index (χ2v) is 1.44. The zero-order valence-electron chi connectivity index (χ0n) is 3.37. The summed E-state index contributed by atoms with van der Waals surface area (Å²) < 4.78 is 5.35. The van der Waals surface area contributed by atoms with E-state index in [4.69, 9.17) is 0 Å². The largest absolute Gasteiger partial charge is 0.428 e. The Bertz CT molecular complexity index is 201. The molecule has 1 aromatic rings. The molecule has 4 heteroatoms. The van der Waals surface area contributed by atoms with E-state index in [0.717, 1.165) is 3.97 Å². The zero-order chi connectivity index (χ0) is 5.28. The number of aromatic nitrogens is 1. The molecule has 0 atom stereocenters. The Morgan fingerprint density at radius 2 is 2.57 bits per heavy atom. The molecule has 0 fully saturated rings. The van der Waals surface area contributed by atoms with Gasteiger partial charge in [-0.25, -0.2) is 8.77 Å². The molecule has 1 aromatic heterocycles. The zero-order valence-corrected chi connectivity index (χ0v) is 4.26. The summed E-state index contributed by atoms with van der Waals surface area (Å²) in [5.41, 5.74) is 0. The molecule has 0 aliphatic heterocycles. The van der Waals surface area contributed by atoms with Crippen molar-refractivity contribution >= 4 is 12.8 Å². The lowest BCUT2D eigenvalue weighted by atomic mass is 11.0. The highest BCUT2D eigenvalue weighted by molar-refractivity contribution is 7.78. The third-order valence-electron chi connectivity index (χ3n) is 0.558. The predicted octanol–water partition coefficient (Wildman–Crippen LogP) is 0.134. The summed E-state index contributed by atoms with van der Waals surface area (Å²) in [6.07, 6.45) is 2.70. The van der Waals surface area contributed by atoms with Crippen molar-refractivity contribution < 1.29 is 4.42 Å². The third-order valence-corrected chi connectivity index (χ3v) is 0.855. The monoisotopic (exact) mass is 117 g/mol. The summed E-state index contributed by atoms with van der Waals surface area (Å²) in [7, 11) is 0. The maximum Gasteiger partial charge on any atom is 0.428 e. The first-order valence-electron chi connectivity index (χ1n) is 1.66. The summed E-state index contributed by atoms with van der Waals surface area (Å²) in [4.78, 5) is 10.1. The topological polar surface area (TPSA) is 35.1 Å². The standard InChI is InChI=1S/C3H3NO2S/c5-3-4(7)1-2-6-3/h1-2,7H. The molecular weight excluding hydrogens is 114 g/mol. The van der Waals surface area contributed by atoms with E-state index in [2.05, 4.69) is 17.2 Å². The number of hydrogen-bond acceptors (Lipinski definition) is 3. The highest BCUT2D eigenvalue weighted by atomic mass is 32.1. The minimum atomic E-state index is -0.455. The highest BCUT2D eigenvalue weighted by Gasteiger charge is 1.85. The van der Waals surface area contributed by atoms with E-state index in [-0.39, 0.29) is 0 Å². The molecule has 3 nitrogen and oxygen atoms in total. The van der Waals surface area contributed by atoms with Crippen LogP contribution in [0, 0.1) is 0 Å². The molecule has 0 spiro atoms. The van der Waals surface area contributed by atoms with Crippen LogP contribution in [-0.2, 0) is 0 Å². The fourth-order valence-corrected chi connectivity index (χ4v) is 0.363. The van der Waals surface area contributed by atoms with E-state index in [9.17, 15) is 4.79 Å². The molecule has 0 aliphatic carbocycles. The average Bonchev–Trinajstić information content (AvgIpc) is 1.91. The molecule has 1 heterocycles. The summed E-state index contributed by atoms with van der Waals surface area (Å²) in [5.74, 6) is -0.455. The van der Waals surface area contributed by atoms with E-state index in [1.54, 1.807) is 0 Å². The predicted molar refractivity (Wildman–Crippen MR) is 27.4 cm³/mol. The fraction of sp³-hybridized carbons (Fsp3) is 0. The lowest BCUT2D eigenvalue weighted by molar-refractivity contribution is 0.511. The van der Waals surface area contributed by atoms with Crippen LogP contribution in [0.4, 0.5) is 0 Å². The van der Waals surface area contributed by atoms with E-state index in [1.807, 2.05) is 0 Å². The Balaban J connectivity index is 3.39. The van der Waals surface area contributed by atoms with E-state index in [1.165, 1.54) is 12.5 Å². The van der Waals surface area contributed by atoms with Gasteiger partial charge >= 0.3 is 5.76 Å². The van der Waals surface area contributed by atoms with Crippen molar-refractivity contribution in [1.29, 1.82) is 0 Å². The van der Waals surface area contributed by atoms with Gasteiger partial charge in [-0.15, -0.1) is 0 Å². The summed E-state index contributed by atoms with van der Waals surface area (Å²) in [6.45, 7) is 0. The molecule has 1 rings (SSSR count). The van der Waals surface area contributed by atoms with Crippen molar-refractivity contribution in [1.82, 2.24) is 3.97 Å². The first kappa shape index (κ1) is 4.52. The van der Waals surface area contributed by atoms with Crippen molar-refractivity contribution in [3.05, 3.63) is 23.0 Å². The molecule has 0 radical (unpaired) electrons. The van der Waals surface area contributed by atoms with Crippen LogP contribution in [-0.4, -0.2) is 3.97 Å². The molecule has 0 unspecified atom stereocenters. The van der Waals surface area contributed by atoms with Gasteiger partial charge in [-0.2, -0.15) is 0 Å². The second kappa shape index (κ2) is 1.46. The summed E-state index contributed by atoms with van der Waals surface area (Å²) in [6, 6.07) is 0. The quantitative estimate of drug-likeness (QED) is 0.490. The van der Waals surface area contributed by atoms with Crippen molar-refractivity contribution in [3.8, 4) is 0 Å².